The Hall–Kier alpha value is -0.0800. The largest absolute Gasteiger partial charge is 0.384 e. The Morgan fingerprint density at radius 2 is 1.77 bits per heavy atom. The number of methoxy groups -OCH3 is 1. The summed E-state index contributed by atoms with van der Waals surface area (Å²) in [4.78, 5) is 0. The monoisotopic (exact) mass is 187 g/mol. The van der Waals surface area contributed by atoms with E-state index in [0.717, 1.165) is 13.2 Å². The number of hydrogen-bond acceptors (Lipinski definition) is 2. The van der Waals surface area contributed by atoms with Crippen LogP contribution in [0.5, 0.6) is 0 Å². The van der Waals surface area contributed by atoms with Crippen molar-refractivity contribution in [2.45, 2.75) is 46.6 Å². The van der Waals surface area contributed by atoms with Crippen LogP contribution in [0.25, 0.3) is 0 Å². The fraction of sp³-hybridized carbons (Fsp3) is 1.00. The van der Waals surface area contributed by atoms with Crippen molar-refractivity contribution in [3.05, 3.63) is 0 Å². The van der Waals surface area contributed by atoms with Gasteiger partial charge in [0.1, 0.15) is 0 Å². The summed E-state index contributed by atoms with van der Waals surface area (Å²) in [5.74, 6) is 0. The molecule has 0 atom stereocenters. The van der Waals surface area contributed by atoms with Gasteiger partial charge in [-0.1, -0.05) is 27.7 Å². The van der Waals surface area contributed by atoms with Gasteiger partial charge in [0.05, 0.1) is 6.61 Å². The van der Waals surface area contributed by atoms with Gasteiger partial charge < -0.3 is 10.1 Å². The van der Waals surface area contributed by atoms with Gasteiger partial charge in [-0.25, -0.2) is 0 Å². The highest BCUT2D eigenvalue weighted by Crippen LogP contribution is 2.25. The van der Waals surface area contributed by atoms with Crippen molar-refractivity contribution in [2.24, 2.45) is 5.41 Å². The molecule has 13 heavy (non-hydrogen) atoms. The van der Waals surface area contributed by atoms with E-state index < -0.39 is 0 Å². The Morgan fingerprint density at radius 1 is 1.23 bits per heavy atom. The summed E-state index contributed by atoms with van der Waals surface area (Å²) in [5.41, 5.74) is 0.332. The van der Waals surface area contributed by atoms with E-state index in [1.54, 1.807) is 7.11 Å². The Balaban J connectivity index is 4.04. The molecule has 0 bridgehead atoms. The van der Waals surface area contributed by atoms with E-state index >= 15 is 0 Å². The molecule has 2 heteroatoms. The minimum Gasteiger partial charge on any atom is -0.384 e. The molecule has 2 nitrogen and oxygen atoms in total. The molecular weight excluding hydrogens is 162 g/mol. The molecule has 0 aromatic rings. The first-order valence-electron chi connectivity index (χ1n) is 5.32. The maximum atomic E-state index is 5.28. The summed E-state index contributed by atoms with van der Waals surface area (Å²) in [5, 5.41) is 3.49. The Kier molecular flexibility index (Phi) is 6.35. The molecule has 0 saturated carbocycles. The molecule has 0 radical (unpaired) electrons. The number of rotatable bonds is 7. The van der Waals surface area contributed by atoms with Gasteiger partial charge >= 0.3 is 0 Å². The first kappa shape index (κ1) is 12.9. The molecule has 0 heterocycles. The predicted octanol–water partition coefficient (Wildman–Crippen LogP) is 2.44. The molecule has 1 N–H and O–H groups in total. The second kappa shape index (κ2) is 6.39. The molecule has 0 rings (SSSR count). The zero-order valence-corrected chi connectivity index (χ0v) is 9.81. The quantitative estimate of drug-likeness (QED) is 0.661. The van der Waals surface area contributed by atoms with Crippen LogP contribution in [-0.2, 0) is 4.74 Å². The van der Waals surface area contributed by atoms with Crippen LogP contribution >= 0.6 is 0 Å². The standard InChI is InChI=1S/C11H25NO/c1-6-11(7-2,9-13-5)8-12-10(3)4/h10,12H,6-9H2,1-5H3. The molecule has 0 spiro atoms. The third-order valence-corrected chi connectivity index (χ3v) is 2.84. The van der Waals surface area contributed by atoms with Gasteiger partial charge in [0, 0.05) is 25.1 Å². The summed E-state index contributed by atoms with van der Waals surface area (Å²) in [7, 11) is 1.79. The summed E-state index contributed by atoms with van der Waals surface area (Å²) < 4.78 is 5.28. The molecule has 0 aliphatic carbocycles. The van der Waals surface area contributed by atoms with Crippen LogP contribution in [0, 0.1) is 5.41 Å². The average molecular weight is 187 g/mol. The maximum Gasteiger partial charge on any atom is 0.0530 e. The van der Waals surface area contributed by atoms with Gasteiger partial charge in [0.2, 0.25) is 0 Å². The predicted molar refractivity (Wildman–Crippen MR) is 58.0 cm³/mol. The first-order valence-corrected chi connectivity index (χ1v) is 5.32. The minimum atomic E-state index is 0.332. The Labute approximate surface area is 83.1 Å². The van der Waals surface area contributed by atoms with Crippen LogP contribution in [0.2, 0.25) is 0 Å². The number of hydrogen-bond donors (Lipinski definition) is 1. The molecule has 0 aliphatic rings. The molecule has 0 unspecified atom stereocenters. The molecular formula is C11H25NO. The summed E-state index contributed by atoms with van der Waals surface area (Å²) in [6, 6.07) is 0.564. The molecule has 80 valence electrons. The molecule has 0 aliphatic heterocycles. The normalized spacial score (nSPS) is 12.5. The van der Waals surface area contributed by atoms with Crippen LogP contribution in [0.3, 0.4) is 0 Å². The van der Waals surface area contributed by atoms with E-state index in [1.165, 1.54) is 12.8 Å². The van der Waals surface area contributed by atoms with Gasteiger partial charge in [-0.15, -0.1) is 0 Å². The minimum absolute atomic E-state index is 0.332. The van der Waals surface area contributed by atoms with Gasteiger partial charge in [-0.2, -0.15) is 0 Å². The van der Waals surface area contributed by atoms with Gasteiger partial charge in [-0.3, -0.25) is 0 Å². The van der Waals surface area contributed by atoms with Crippen LogP contribution in [0.4, 0.5) is 0 Å². The van der Waals surface area contributed by atoms with Crippen LogP contribution < -0.4 is 5.32 Å². The van der Waals surface area contributed by atoms with Crippen molar-refractivity contribution in [1.29, 1.82) is 0 Å². The maximum absolute atomic E-state index is 5.28. The zero-order valence-electron chi connectivity index (χ0n) is 9.81. The Bertz CT molecular complexity index is 119. The lowest BCUT2D eigenvalue weighted by atomic mass is 9.83. The van der Waals surface area contributed by atoms with Gasteiger partial charge in [-0.05, 0) is 12.8 Å². The fourth-order valence-electron chi connectivity index (χ4n) is 1.48. The lowest BCUT2D eigenvalue weighted by molar-refractivity contribution is 0.0701. The second-order valence-corrected chi connectivity index (χ2v) is 4.18. The van der Waals surface area contributed by atoms with E-state index in [0.29, 0.717) is 11.5 Å². The smallest absolute Gasteiger partial charge is 0.0530 e. The highest BCUT2D eigenvalue weighted by atomic mass is 16.5. The lowest BCUT2D eigenvalue weighted by Gasteiger charge is -2.32. The van der Waals surface area contributed by atoms with Crippen LogP contribution in [0.1, 0.15) is 40.5 Å². The van der Waals surface area contributed by atoms with Crippen LogP contribution in [0.15, 0.2) is 0 Å². The molecule has 0 aromatic heterocycles. The van der Waals surface area contributed by atoms with E-state index in [1.807, 2.05) is 0 Å². The molecule has 0 fully saturated rings. The van der Waals surface area contributed by atoms with E-state index in [-0.39, 0.29) is 0 Å². The highest BCUT2D eigenvalue weighted by molar-refractivity contribution is 4.79. The highest BCUT2D eigenvalue weighted by Gasteiger charge is 2.25. The summed E-state index contributed by atoms with van der Waals surface area (Å²) >= 11 is 0. The summed E-state index contributed by atoms with van der Waals surface area (Å²) in [6.07, 6.45) is 2.36. The molecule has 0 amide bonds. The van der Waals surface area contributed by atoms with E-state index in [9.17, 15) is 0 Å². The zero-order chi connectivity index (χ0) is 10.3. The number of ether oxygens (including phenoxy) is 1. The third kappa shape index (κ3) is 4.63. The van der Waals surface area contributed by atoms with Crippen molar-refractivity contribution in [1.82, 2.24) is 5.32 Å². The van der Waals surface area contributed by atoms with Crippen molar-refractivity contribution in [2.75, 3.05) is 20.3 Å². The third-order valence-electron chi connectivity index (χ3n) is 2.84. The van der Waals surface area contributed by atoms with Crippen molar-refractivity contribution < 1.29 is 4.74 Å². The lowest BCUT2D eigenvalue weighted by Crippen LogP contribution is -2.39. The van der Waals surface area contributed by atoms with E-state index in [2.05, 4.69) is 33.0 Å². The first-order chi connectivity index (χ1) is 6.10. The van der Waals surface area contributed by atoms with Gasteiger partial charge in [0.15, 0.2) is 0 Å². The number of nitrogens with one attached hydrogen (secondary N) is 1. The Morgan fingerprint density at radius 3 is 2.08 bits per heavy atom. The van der Waals surface area contributed by atoms with E-state index in [4.69, 9.17) is 4.74 Å². The molecule has 0 saturated heterocycles. The van der Waals surface area contributed by atoms with Crippen molar-refractivity contribution >= 4 is 0 Å². The van der Waals surface area contributed by atoms with Crippen molar-refractivity contribution in [3.63, 3.8) is 0 Å². The average Bonchev–Trinajstić information content (AvgIpc) is 2.12. The SMILES string of the molecule is CCC(CC)(CNC(C)C)COC. The molecule has 0 aromatic carbocycles. The fourth-order valence-corrected chi connectivity index (χ4v) is 1.48. The summed E-state index contributed by atoms with van der Waals surface area (Å²) in [6.45, 7) is 10.8. The second-order valence-electron chi connectivity index (χ2n) is 4.18. The van der Waals surface area contributed by atoms with Gasteiger partial charge in [0.25, 0.3) is 0 Å². The van der Waals surface area contributed by atoms with Crippen LogP contribution in [-0.4, -0.2) is 26.3 Å². The van der Waals surface area contributed by atoms with Crippen molar-refractivity contribution in [3.8, 4) is 0 Å². The topological polar surface area (TPSA) is 21.3 Å².